The highest BCUT2D eigenvalue weighted by Crippen LogP contribution is 2.17. The number of carbonyl (C=O) groups is 1. The second-order valence-electron chi connectivity index (χ2n) is 2.52. The number of para-hydroxylation sites is 1. The van der Waals surface area contributed by atoms with E-state index < -0.39 is 5.97 Å². The molecule has 0 fully saturated rings. The van der Waals surface area contributed by atoms with Crippen LogP contribution in [0, 0.1) is 0 Å². The number of hydrogen-bond donors (Lipinski definition) is 0. The standard InChI is InChI=1S/C9H7NO3/c1-12-9(11)8-6-4-2-3-5-7(6)13-10-8/h2-5H,1H3. The smallest absolute Gasteiger partial charge is 0.360 e. The van der Waals surface area contributed by atoms with E-state index in [-0.39, 0.29) is 5.69 Å². The van der Waals surface area contributed by atoms with E-state index in [1.807, 2.05) is 12.1 Å². The van der Waals surface area contributed by atoms with Crippen molar-refractivity contribution < 1.29 is 14.1 Å². The Balaban J connectivity index is 2.64. The van der Waals surface area contributed by atoms with Gasteiger partial charge < -0.3 is 9.26 Å². The van der Waals surface area contributed by atoms with Crippen molar-refractivity contribution in [1.82, 2.24) is 5.16 Å². The lowest BCUT2D eigenvalue weighted by molar-refractivity contribution is 0.0591. The molecule has 1 heterocycles. The number of esters is 1. The van der Waals surface area contributed by atoms with Crippen LogP contribution in [0.1, 0.15) is 10.5 Å². The first-order chi connectivity index (χ1) is 6.33. The Hall–Kier alpha value is -1.84. The first-order valence-electron chi connectivity index (χ1n) is 3.75. The number of carbonyl (C=O) groups excluding carboxylic acids is 1. The van der Waals surface area contributed by atoms with Crippen LogP contribution in [0.25, 0.3) is 11.0 Å². The van der Waals surface area contributed by atoms with E-state index in [9.17, 15) is 4.79 Å². The van der Waals surface area contributed by atoms with E-state index in [1.54, 1.807) is 12.1 Å². The maximum absolute atomic E-state index is 11.1. The molecule has 1 aromatic carbocycles. The number of methoxy groups -OCH3 is 1. The second kappa shape index (κ2) is 2.90. The number of hydrogen-bond acceptors (Lipinski definition) is 4. The number of aromatic nitrogens is 1. The highest BCUT2D eigenvalue weighted by atomic mass is 16.5. The van der Waals surface area contributed by atoms with Gasteiger partial charge in [-0.1, -0.05) is 17.3 Å². The number of fused-ring (bicyclic) bond motifs is 1. The van der Waals surface area contributed by atoms with Crippen molar-refractivity contribution in [1.29, 1.82) is 0 Å². The molecule has 4 nitrogen and oxygen atoms in total. The van der Waals surface area contributed by atoms with E-state index in [1.165, 1.54) is 7.11 Å². The topological polar surface area (TPSA) is 52.3 Å². The van der Waals surface area contributed by atoms with Crippen molar-refractivity contribution in [3.8, 4) is 0 Å². The zero-order chi connectivity index (χ0) is 9.26. The van der Waals surface area contributed by atoms with Gasteiger partial charge in [0, 0.05) is 0 Å². The third-order valence-corrected chi connectivity index (χ3v) is 1.76. The lowest BCUT2D eigenvalue weighted by Gasteiger charge is -1.91. The minimum atomic E-state index is -0.482. The summed E-state index contributed by atoms with van der Waals surface area (Å²) in [5, 5.41) is 4.29. The van der Waals surface area contributed by atoms with Crippen LogP contribution >= 0.6 is 0 Å². The van der Waals surface area contributed by atoms with E-state index in [4.69, 9.17) is 4.52 Å². The van der Waals surface area contributed by atoms with Crippen LogP contribution in [0.4, 0.5) is 0 Å². The summed E-state index contributed by atoms with van der Waals surface area (Å²) in [6.07, 6.45) is 0. The molecule has 4 heteroatoms. The molecule has 0 aliphatic heterocycles. The van der Waals surface area contributed by atoms with Crippen molar-refractivity contribution in [2.24, 2.45) is 0 Å². The highest BCUT2D eigenvalue weighted by Gasteiger charge is 2.15. The van der Waals surface area contributed by atoms with Gasteiger partial charge in [-0.2, -0.15) is 0 Å². The lowest BCUT2D eigenvalue weighted by Crippen LogP contribution is -2.01. The molecule has 13 heavy (non-hydrogen) atoms. The molecule has 0 spiro atoms. The van der Waals surface area contributed by atoms with Crippen molar-refractivity contribution >= 4 is 16.9 Å². The van der Waals surface area contributed by atoms with Crippen LogP contribution in [0.3, 0.4) is 0 Å². The molecule has 2 rings (SSSR count). The maximum atomic E-state index is 11.1. The zero-order valence-electron chi connectivity index (χ0n) is 6.98. The molecule has 0 saturated heterocycles. The van der Waals surface area contributed by atoms with Gasteiger partial charge in [-0.3, -0.25) is 0 Å². The fraction of sp³-hybridized carbons (Fsp3) is 0.111. The fourth-order valence-corrected chi connectivity index (χ4v) is 1.13. The van der Waals surface area contributed by atoms with Crippen LogP contribution in [0.2, 0.25) is 0 Å². The zero-order valence-corrected chi connectivity index (χ0v) is 6.98. The maximum Gasteiger partial charge on any atom is 0.360 e. The van der Waals surface area contributed by atoms with Crippen LogP contribution in [-0.2, 0) is 4.74 Å². The Morgan fingerprint density at radius 2 is 2.23 bits per heavy atom. The molecule has 0 aliphatic rings. The summed E-state index contributed by atoms with van der Waals surface area (Å²) in [5.41, 5.74) is 0.806. The van der Waals surface area contributed by atoms with Gasteiger partial charge in [0.15, 0.2) is 11.3 Å². The van der Waals surface area contributed by atoms with Crippen molar-refractivity contribution in [2.45, 2.75) is 0 Å². The summed E-state index contributed by atoms with van der Waals surface area (Å²) in [6.45, 7) is 0. The quantitative estimate of drug-likeness (QED) is 0.621. The Labute approximate surface area is 74.1 Å². The summed E-state index contributed by atoms with van der Waals surface area (Å²) in [7, 11) is 1.31. The molecule has 0 radical (unpaired) electrons. The number of rotatable bonds is 1. The van der Waals surface area contributed by atoms with Crippen LogP contribution in [0.5, 0.6) is 0 Å². The van der Waals surface area contributed by atoms with Crippen LogP contribution in [0.15, 0.2) is 28.8 Å². The minimum absolute atomic E-state index is 0.220. The molecule has 0 saturated carbocycles. The van der Waals surface area contributed by atoms with E-state index in [2.05, 4.69) is 9.89 Å². The van der Waals surface area contributed by atoms with E-state index in [0.29, 0.717) is 11.0 Å². The van der Waals surface area contributed by atoms with Crippen LogP contribution < -0.4 is 0 Å². The second-order valence-corrected chi connectivity index (χ2v) is 2.52. The summed E-state index contributed by atoms with van der Waals surface area (Å²) < 4.78 is 9.46. The molecule has 0 unspecified atom stereocenters. The number of nitrogens with zero attached hydrogens (tertiary/aromatic N) is 1. The summed E-state index contributed by atoms with van der Waals surface area (Å²) in [4.78, 5) is 11.1. The largest absolute Gasteiger partial charge is 0.464 e. The van der Waals surface area contributed by atoms with Gasteiger partial charge in [-0.05, 0) is 12.1 Å². The SMILES string of the molecule is COC(=O)c1noc2ccccc12. The molecular weight excluding hydrogens is 170 g/mol. The van der Waals surface area contributed by atoms with Gasteiger partial charge in [0.1, 0.15) is 0 Å². The molecule has 0 N–H and O–H groups in total. The third kappa shape index (κ3) is 1.16. The molecule has 66 valence electrons. The molecule has 0 aliphatic carbocycles. The monoisotopic (exact) mass is 177 g/mol. The van der Waals surface area contributed by atoms with Gasteiger partial charge in [0.2, 0.25) is 0 Å². The first-order valence-corrected chi connectivity index (χ1v) is 3.75. The average Bonchev–Trinajstić information content (AvgIpc) is 2.60. The predicted molar refractivity (Wildman–Crippen MR) is 45.3 cm³/mol. The van der Waals surface area contributed by atoms with E-state index >= 15 is 0 Å². The summed E-state index contributed by atoms with van der Waals surface area (Å²) in [6, 6.07) is 7.13. The molecular formula is C9H7NO3. The highest BCUT2D eigenvalue weighted by molar-refractivity contribution is 6.00. The Morgan fingerprint density at radius 1 is 1.46 bits per heavy atom. The van der Waals surface area contributed by atoms with Gasteiger partial charge >= 0.3 is 5.97 Å². The number of ether oxygens (including phenoxy) is 1. The Kier molecular flexibility index (Phi) is 1.73. The Morgan fingerprint density at radius 3 is 3.00 bits per heavy atom. The molecule has 0 atom stereocenters. The van der Waals surface area contributed by atoms with Gasteiger partial charge in [-0.25, -0.2) is 4.79 Å². The Bertz CT molecular complexity index is 447. The summed E-state index contributed by atoms with van der Waals surface area (Å²) >= 11 is 0. The number of benzene rings is 1. The third-order valence-electron chi connectivity index (χ3n) is 1.76. The summed E-state index contributed by atoms with van der Waals surface area (Å²) in [5.74, 6) is -0.482. The molecule has 0 bridgehead atoms. The molecule has 0 amide bonds. The molecule has 2 aromatic rings. The molecule has 1 aromatic heterocycles. The van der Waals surface area contributed by atoms with Crippen LogP contribution in [-0.4, -0.2) is 18.2 Å². The predicted octanol–water partition coefficient (Wildman–Crippen LogP) is 1.61. The normalized spacial score (nSPS) is 10.2. The van der Waals surface area contributed by atoms with Crippen molar-refractivity contribution in [2.75, 3.05) is 7.11 Å². The van der Waals surface area contributed by atoms with E-state index in [0.717, 1.165) is 0 Å². The van der Waals surface area contributed by atoms with Gasteiger partial charge in [-0.15, -0.1) is 0 Å². The average molecular weight is 177 g/mol. The minimum Gasteiger partial charge on any atom is -0.464 e. The first kappa shape index (κ1) is 7.79. The van der Waals surface area contributed by atoms with Gasteiger partial charge in [0.25, 0.3) is 0 Å². The lowest BCUT2D eigenvalue weighted by atomic mass is 10.2. The van der Waals surface area contributed by atoms with Gasteiger partial charge in [0.05, 0.1) is 12.5 Å². The van der Waals surface area contributed by atoms with Crippen molar-refractivity contribution in [3.05, 3.63) is 30.0 Å². The fourth-order valence-electron chi connectivity index (χ4n) is 1.13. The van der Waals surface area contributed by atoms with Crippen molar-refractivity contribution in [3.63, 3.8) is 0 Å².